The lowest BCUT2D eigenvalue weighted by Crippen LogP contribution is -2.24. The Hall–Kier alpha value is -2.11. The summed E-state index contributed by atoms with van der Waals surface area (Å²) in [5, 5.41) is 0.349. The lowest BCUT2D eigenvalue weighted by molar-refractivity contribution is 0.00638. The van der Waals surface area contributed by atoms with Crippen LogP contribution >= 0.6 is 0 Å². The zero-order chi connectivity index (χ0) is 13.5. The Bertz CT molecular complexity index is 661. The highest BCUT2D eigenvalue weighted by molar-refractivity contribution is 5.93. The maximum atomic E-state index is 11.8. The average molecular weight is 249 g/mol. The van der Waals surface area contributed by atoms with Gasteiger partial charge >= 0.3 is 5.97 Å². The molecule has 6 heteroatoms. The van der Waals surface area contributed by atoms with Gasteiger partial charge in [-0.3, -0.25) is 4.79 Å². The molecule has 2 N–H and O–H groups in total. The minimum atomic E-state index is -0.579. The van der Waals surface area contributed by atoms with Crippen molar-refractivity contribution in [1.82, 2.24) is 15.0 Å². The number of fused-ring (bicyclic) bond motifs is 1. The quantitative estimate of drug-likeness (QED) is 0.750. The van der Waals surface area contributed by atoms with Crippen LogP contribution in [0.3, 0.4) is 0 Å². The number of aromatic nitrogens is 3. The van der Waals surface area contributed by atoms with Gasteiger partial charge in [0.05, 0.1) is 5.39 Å². The van der Waals surface area contributed by atoms with Gasteiger partial charge in [-0.25, -0.2) is 9.78 Å². The predicted octanol–water partition coefficient (Wildman–Crippen LogP) is 1.51. The summed E-state index contributed by atoms with van der Waals surface area (Å²) < 4.78 is 5.21. The number of nitrogens with zero attached hydrogens (tertiary/aromatic N) is 1. The lowest BCUT2D eigenvalue weighted by Gasteiger charge is -2.18. The Kier molecular flexibility index (Phi) is 2.73. The van der Waals surface area contributed by atoms with Crippen LogP contribution in [0.4, 0.5) is 0 Å². The van der Waals surface area contributed by atoms with E-state index in [1.807, 2.05) is 0 Å². The van der Waals surface area contributed by atoms with E-state index >= 15 is 0 Å². The first-order valence-electron chi connectivity index (χ1n) is 5.59. The molecule has 2 aromatic rings. The summed E-state index contributed by atoms with van der Waals surface area (Å²) in [6, 6.07) is 1.45. The zero-order valence-corrected chi connectivity index (χ0v) is 10.7. The molecule has 0 fully saturated rings. The third-order valence-electron chi connectivity index (χ3n) is 2.23. The van der Waals surface area contributed by atoms with Crippen molar-refractivity contribution in [2.24, 2.45) is 0 Å². The van der Waals surface area contributed by atoms with E-state index in [0.29, 0.717) is 16.9 Å². The first-order valence-corrected chi connectivity index (χ1v) is 5.59. The lowest BCUT2D eigenvalue weighted by atomic mass is 10.2. The maximum absolute atomic E-state index is 11.8. The van der Waals surface area contributed by atoms with Crippen molar-refractivity contribution in [3.8, 4) is 0 Å². The summed E-state index contributed by atoms with van der Waals surface area (Å²) >= 11 is 0. The molecule has 0 aliphatic heterocycles. The molecule has 0 amide bonds. The molecule has 96 valence electrons. The Morgan fingerprint density at radius 3 is 2.61 bits per heavy atom. The topological polar surface area (TPSA) is 87.8 Å². The SMILES string of the molecule is Cc1nc2[nH]c(C(=O)OC(C)(C)C)cc2c(=O)[nH]1. The number of esters is 1. The number of carbonyl (C=O) groups is 1. The second-order valence-corrected chi connectivity index (χ2v) is 5.10. The highest BCUT2D eigenvalue weighted by atomic mass is 16.6. The van der Waals surface area contributed by atoms with Gasteiger partial charge in [0, 0.05) is 0 Å². The smallest absolute Gasteiger partial charge is 0.355 e. The van der Waals surface area contributed by atoms with Crippen LogP contribution in [0, 0.1) is 6.92 Å². The number of aromatic amines is 2. The van der Waals surface area contributed by atoms with Gasteiger partial charge in [0.1, 0.15) is 22.8 Å². The Balaban J connectivity index is 2.45. The maximum Gasteiger partial charge on any atom is 0.355 e. The van der Waals surface area contributed by atoms with E-state index in [-0.39, 0.29) is 11.3 Å². The fourth-order valence-corrected chi connectivity index (χ4v) is 1.58. The van der Waals surface area contributed by atoms with E-state index < -0.39 is 11.6 Å². The van der Waals surface area contributed by atoms with Gasteiger partial charge < -0.3 is 14.7 Å². The molecule has 0 bridgehead atoms. The van der Waals surface area contributed by atoms with Gasteiger partial charge in [0.15, 0.2) is 0 Å². The summed E-state index contributed by atoms with van der Waals surface area (Å²) in [5.74, 6) is -0.0114. The van der Waals surface area contributed by atoms with Crippen molar-refractivity contribution in [3.63, 3.8) is 0 Å². The van der Waals surface area contributed by atoms with Gasteiger partial charge in [0.25, 0.3) is 5.56 Å². The van der Waals surface area contributed by atoms with E-state index in [1.165, 1.54) is 6.07 Å². The Morgan fingerprint density at radius 1 is 1.33 bits per heavy atom. The molecule has 2 rings (SSSR count). The van der Waals surface area contributed by atoms with Crippen LogP contribution in [0.5, 0.6) is 0 Å². The van der Waals surface area contributed by atoms with Crippen LogP contribution in [-0.2, 0) is 4.74 Å². The monoisotopic (exact) mass is 249 g/mol. The third kappa shape index (κ3) is 2.42. The first kappa shape index (κ1) is 12.3. The van der Waals surface area contributed by atoms with Gasteiger partial charge in [-0.15, -0.1) is 0 Å². The number of H-pyrrole nitrogens is 2. The van der Waals surface area contributed by atoms with E-state index in [4.69, 9.17) is 4.74 Å². The molecule has 0 aliphatic rings. The average Bonchev–Trinajstić information content (AvgIpc) is 2.58. The molecule has 0 saturated carbocycles. The van der Waals surface area contributed by atoms with Crippen LogP contribution in [0.1, 0.15) is 37.1 Å². The van der Waals surface area contributed by atoms with Crippen LogP contribution in [0.2, 0.25) is 0 Å². The molecule has 0 spiro atoms. The first-order chi connectivity index (χ1) is 8.26. The van der Waals surface area contributed by atoms with Crippen LogP contribution in [0.15, 0.2) is 10.9 Å². The van der Waals surface area contributed by atoms with Gasteiger partial charge in [-0.2, -0.15) is 0 Å². The van der Waals surface area contributed by atoms with Crippen molar-refractivity contribution in [1.29, 1.82) is 0 Å². The van der Waals surface area contributed by atoms with E-state index in [1.54, 1.807) is 27.7 Å². The van der Waals surface area contributed by atoms with Crippen LogP contribution < -0.4 is 5.56 Å². The Morgan fingerprint density at radius 2 is 2.00 bits per heavy atom. The van der Waals surface area contributed by atoms with E-state index in [2.05, 4.69) is 15.0 Å². The number of hydrogen-bond donors (Lipinski definition) is 2. The molecule has 0 radical (unpaired) electrons. The number of carbonyl (C=O) groups excluding carboxylic acids is 1. The second-order valence-electron chi connectivity index (χ2n) is 5.10. The van der Waals surface area contributed by atoms with Crippen molar-refractivity contribution in [2.45, 2.75) is 33.3 Å². The minimum absolute atomic E-state index is 0.225. The van der Waals surface area contributed by atoms with Crippen LogP contribution in [0.25, 0.3) is 11.0 Å². The largest absolute Gasteiger partial charge is 0.455 e. The van der Waals surface area contributed by atoms with Crippen molar-refractivity contribution in [3.05, 3.63) is 27.9 Å². The number of ether oxygens (including phenoxy) is 1. The summed E-state index contributed by atoms with van der Waals surface area (Å²) in [6.45, 7) is 7.02. The molecule has 2 heterocycles. The number of rotatable bonds is 1. The van der Waals surface area contributed by atoms with Crippen molar-refractivity contribution >= 4 is 17.0 Å². The second kappa shape index (κ2) is 3.97. The fraction of sp³-hybridized carbons (Fsp3) is 0.417. The third-order valence-corrected chi connectivity index (χ3v) is 2.23. The van der Waals surface area contributed by atoms with E-state index in [9.17, 15) is 9.59 Å². The summed E-state index contributed by atoms with van der Waals surface area (Å²) in [4.78, 5) is 33.0. The summed E-state index contributed by atoms with van der Waals surface area (Å²) in [7, 11) is 0. The van der Waals surface area contributed by atoms with Crippen molar-refractivity contribution in [2.75, 3.05) is 0 Å². The molecule has 0 saturated heterocycles. The van der Waals surface area contributed by atoms with Gasteiger partial charge in [-0.05, 0) is 33.8 Å². The zero-order valence-electron chi connectivity index (χ0n) is 10.7. The number of nitrogens with one attached hydrogen (secondary N) is 2. The minimum Gasteiger partial charge on any atom is -0.455 e. The van der Waals surface area contributed by atoms with Gasteiger partial charge in [0.2, 0.25) is 0 Å². The standard InChI is InChI=1S/C12H15N3O3/c1-6-13-9-7(10(16)14-6)5-8(15-9)11(17)18-12(2,3)4/h5H,1-4H3,(H2,13,14,15,16). The predicted molar refractivity (Wildman–Crippen MR) is 66.6 cm³/mol. The fourth-order valence-electron chi connectivity index (χ4n) is 1.58. The van der Waals surface area contributed by atoms with E-state index in [0.717, 1.165) is 0 Å². The molecule has 0 unspecified atom stereocenters. The van der Waals surface area contributed by atoms with Crippen LogP contribution in [-0.4, -0.2) is 26.5 Å². The molecule has 0 atom stereocenters. The molecule has 2 aromatic heterocycles. The highest BCUT2D eigenvalue weighted by Gasteiger charge is 2.20. The Labute approximate surface area is 103 Å². The number of aryl methyl sites for hydroxylation is 1. The summed E-state index contributed by atoms with van der Waals surface area (Å²) in [6.07, 6.45) is 0. The van der Waals surface area contributed by atoms with Gasteiger partial charge in [-0.1, -0.05) is 0 Å². The van der Waals surface area contributed by atoms with Crippen molar-refractivity contribution < 1.29 is 9.53 Å². The molecule has 6 nitrogen and oxygen atoms in total. The molecular weight excluding hydrogens is 234 g/mol. The molecular formula is C12H15N3O3. The molecule has 0 aliphatic carbocycles. The molecule has 0 aromatic carbocycles. The number of hydrogen-bond acceptors (Lipinski definition) is 4. The normalized spacial score (nSPS) is 11.8. The highest BCUT2D eigenvalue weighted by Crippen LogP contribution is 2.14. The summed E-state index contributed by atoms with van der Waals surface area (Å²) in [5.41, 5.74) is -0.242. The molecule has 18 heavy (non-hydrogen) atoms.